The molecule has 1 amide bonds. The quantitative estimate of drug-likeness (QED) is 0.368. The Morgan fingerprint density at radius 1 is 1.21 bits per heavy atom. The van der Waals surface area contributed by atoms with Gasteiger partial charge in [-0.25, -0.2) is 0 Å². The van der Waals surface area contributed by atoms with E-state index in [0.29, 0.717) is 46.6 Å². The summed E-state index contributed by atoms with van der Waals surface area (Å²) in [5, 5.41) is 10.4. The lowest BCUT2D eigenvalue weighted by molar-refractivity contribution is -0.116. The molecule has 3 rings (SSSR count). The minimum Gasteiger partial charge on any atom is -0.326 e. The maximum atomic E-state index is 12.7. The molecule has 0 saturated heterocycles. The van der Waals surface area contributed by atoms with Crippen LogP contribution in [0.25, 0.3) is 11.3 Å². The van der Waals surface area contributed by atoms with Crippen molar-refractivity contribution in [1.29, 1.82) is 0 Å². The van der Waals surface area contributed by atoms with Crippen LogP contribution in [0.3, 0.4) is 0 Å². The molecule has 0 unspecified atom stereocenters. The van der Waals surface area contributed by atoms with Crippen molar-refractivity contribution in [2.75, 3.05) is 24.7 Å². The average Bonchev–Trinajstić information content (AvgIpc) is 2.77. The Bertz CT molecular complexity index is 1220. The molecule has 184 valence electrons. The highest BCUT2D eigenvalue weighted by atomic mass is 32.2. The minimum atomic E-state index is -3.93. The first-order valence-electron chi connectivity index (χ1n) is 11.4. The summed E-state index contributed by atoms with van der Waals surface area (Å²) in [6.07, 6.45) is 5.87. The van der Waals surface area contributed by atoms with E-state index in [9.17, 15) is 18.0 Å². The van der Waals surface area contributed by atoms with Crippen LogP contribution in [0.4, 0.5) is 5.69 Å². The summed E-state index contributed by atoms with van der Waals surface area (Å²) in [5.41, 5.74) is 3.61. The third kappa shape index (κ3) is 7.26. The van der Waals surface area contributed by atoms with Crippen molar-refractivity contribution in [1.82, 2.24) is 15.3 Å². The van der Waals surface area contributed by atoms with E-state index in [1.807, 2.05) is 13.0 Å². The zero-order chi connectivity index (χ0) is 24.7. The molecule has 1 aliphatic carbocycles. The monoisotopic (exact) mass is 488 g/mol. The zero-order valence-corrected chi connectivity index (χ0v) is 20.5. The number of amides is 1. The molecular formula is C24H32N4O5S. The van der Waals surface area contributed by atoms with Crippen LogP contribution in [-0.4, -0.2) is 43.6 Å². The van der Waals surface area contributed by atoms with Gasteiger partial charge in [0, 0.05) is 29.8 Å². The highest BCUT2D eigenvalue weighted by molar-refractivity contribution is 7.86. The molecule has 10 heteroatoms. The number of hydrogen-bond acceptors (Lipinski definition) is 7. The van der Waals surface area contributed by atoms with Crippen molar-refractivity contribution in [3.05, 3.63) is 57.9 Å². The Morgan fingerprint density at radius 3 is 2.65 bits per heavy atom. The van der Waals surface area contributed by atoms with Crippen molar-refractivity contribution in [2.45, 2.75) is 51.9 Å². The van der Waals surface area contributed by atoms with Crippen LogP contribution in [0.2, 0.25) is 0 Å². The molecule has 0 atom stereocenters. The second-order valence-electron chi connectivity index (χ2n) is 8.69. The van der Waals surface area contributed by atoms with Crippen LogP contribution in [0.5, 0.6) is 0 Å². The van der Waals surface area contributed by atoms with Crippen LogP contribution < -0.4 is 20.5 Å². The second kappa shape index (κ2) is 11.4. The number of anilines is 1. The van der Waals surface area contributed by atoms with Gasteiger partial charge in [-0.3, -0.25) is 13.9 Å². The normalized spacial score (nSPS) is 13.2. The second-order valence-corrected chi connectivity index (χ2v) is 10.2. The number of nitrogens with one attached hydrogen (secondary N) is 2. The summed E-state index contributed by atoms with van der Waals surface area (Å²) in [4.78, 5) is 25.7. The fourth-order valence-corrected chi connectivity index (χ4v) is 4.29. The summed E-state index contributed by atoms with van der Waals surface area (Å²) in [6.45, 7) is 7.42. The van der Waals surface area contributed by atoms with Gasteiger partial charge in [0.25, 0.3) is 0 Å². The lowest BCUT2D eigenvalue weighted by Gasteiger charge is -2.20. The molecule has 9 nitrogen and oxygen atoms in total. The fraction of sp³-hybridized carbons (Fsp3) is 0.458. The lowest BCUT2D eigenvalue weighted by atomic mass is 9.90. The van der Waals surface area contributed by atoms with Gasteiger partial charge in [-0.2, -0.15) is 8.42 Å². The standard InChI is InChI=1S/C24H32N4O5S/c1-17(2)16-25-14-7-6-13-22(29)26-19-10-8-9-18(15-19)23-20-11-4-5-12-21(20)24(30)28(27-23)33-34(3,31)32/h8-10,15,25H,1,4-7,11-14,16H2,2-3H3,(H,26,29). The van der Waals surface area contributed by atoms with Gasteiger partial charge >= 0.3 is 15.7 Å². The van der Waals surface area contributed by atoms with Gasteiger partial charge in [-0.1, -0.05) is 24.3 Å². The summed E-state index contributed by atoms with van der Waals surface area (Å²) in [7, 11) is -3.93. The molecule has 0 fully saturated rings. The number of benzene rings is 1. The van der Waals surface area contributed by atoms with Crippen LogP contribution in [0.1, 0.15) is 50.2 Å². The van der Waals surface area contributed by atoms with Crippen molar-refractivity contribution in [3.8, 4) is 11.3 Å². The number of fused-ring (bicyclic) bond motifs is 1. The van der Waals surface area contributed by atoms with E-state index >= 15 is 0 Å². The van der Waals surface area contributed by atoms with Crippen LogP contribution in [0.15, 0.2) is 41.2 Å². The zero-order valence-electron chi connectivity index (χ0n) is 19.7. The van der Waals surface area contributed by atoms with E-state index in [0.717, 1.165) is 56.2 Å². The molecule has 0 bridgehead atoms. The topological polar surface area (TPSA) is 119 Å². The largest absolute Gasteiger partial charge is 0.326 e. The van der Waals surface area contributed by atoms with Gasteiger partial charge in [-0.05, 0) is 74.5 Å². The maximum absolute atomic E-state index is 12.7. The van der Waals surface area contributed by atoms with Gasteiger partial charge in [0.15, 0.2) is 0 Å². The molecule has 0 radical (unpaired) electrons. The van der Waals surface area contributed by atoms with Gasteiger partial charge < -0.3 is 10.6 Å². The van der Waals surface area contributed by atoms with Crippen molar-refractivity contribution >= 4 is 21.7 Å². The molecule has 2 aromatic rings. The van der Waals surface area contributed by atoms with Crippen molar-refractivity contribution < 1.29 is 17.5 Å². The van der Waals surface area contributed by atoms with E-state index in [1.165, 1.54) is 0 Å². The van der Waals surface area contributed by atoms with Gasteiger partial charge in [0.05, 0.1) is 11.9 Å². The summed E-state index contributed by atoms with van der Waals surface area (Å²) in [5.74, 6) is -0.0857. The van der Waals surface area contributed by atoms with E-state index in [4.69, 9.17) is 4.28 Å². The summed E-state index contributed by atoms with van der Waals surface area (Å²) in [6, 6.07) is 7.16. The molecule has 0 saturated carbocycles. The maximum Gasteiger partial charge on any atom is 0.325 e. The molecule has 0 spiro atoms. The molecule has 34 heavy (non-hydrogen) atoms. The number of carbonyl (C=O) groups excluding carboxylic acids is 1. The van der Waals surface area contributed by atoms with E-state index in [-0.39, 0.29) is 5.91 Å². The van der Waals surface area contributed by atoms with Crippen LogP contribution in [0, 0.1) is 0 Å². The average molecular weight is 489 g/mol. The van der Waals surface area contributed by atoms with Crippen molar-refractivity contribution in [2.24, 2.45) is 0 Å². The fourth-order valence-electron chi connectivity index (χ4n) is 3.93. The smallest absolute Gasteiger partial charge is 0.325 e. The minimum absolute atomic E-state index is 0.0857. The Morgan fingerprint density at radius 2 is 1.94 bits per heavy atom. The Balaban J connectivity index is 1.76. The van der Waals surface area contributed by atoms with E-state index < -0.39 is 15.7 Å². The molecule has 1 aromatic carbocycles. The van der Waals surface area contributed by atoms with E-state index in [2.05, 4.69) is 22.3 Å². The Kier molecular flexibility index (Phi) is 8.62. The molecule has 1 aliphatic rings. The van der Waals surface area contributed by atoms with Gasteiger partial charge in [0.2, 0.25) is 5.91 Å². The summed E-state index contributed by atoms with van der Waals surface area (Å²) >= 11 is 0. The number of aromatic nitrogens is 2. The van der Waals surface area contributed by atoms with Crippen molar-refractivity contribution in [3.63, 3.8) is 0 Å². The summed E-state index contributed by atoms with van der Waals surface area (Å²) < 4.78 is 28.1. The number of carbonyl (C=O) groups is 1. The molecule has 1 heterocycles. The highest BCUT2D eigenvalue weighted by Gasteiger charge is 2.23. The molecule has 2 N–H and O–H groups in total. The number of rotatable bonds is 11. The van der Waals surface area contributed by atoms with Crippen LogP contribution >= 0.6 is 0 Å². The lowest BCUT2D eigenvalue weighted by Crippen LogP contribution is -2.36. The molecular weight excluding hydrogens is 456 g/mol. The molecule has 0 aliphatic heterocycles. The first-order chi connectivity index (χ1) is 16.1. The van der Waals surface area contributed by atoms with Gasteiger partial charge in [0.1, 0.15) is 0 Å². The number of unbranched alkanes of at least 4 members (excludes halogenated alkanes) is 1. The third-order valence-electron chi connectivity index (χ3n) is 5.44. The molecule has 1 aromatic heterocycles. The number of nitrogens with zero attached hydrogens (tertiary/aromatic N) is 2. The predicted octanol–water partition coefficient (Wildman–Crippen LogP) is 2.45. The highest BCUT2D eigenvalue weighted by Crippen LogP contribution is 2.29. The van der Waals surface area contributed by atoms with Crippen LogP contribution in [-0.2, 0) is 27.8 Å². The van der Waals surface area contributed by atoms with E-state index in [1.54, 1.807) is 18.2 Å². The first-order valence-corrected chi connectivity index (χ1v) is 13.3. The number of hydrogen-bond donors (Lipinski definition) is 2. The first kappa shape index (κ1) is 25.6. The Hall–Kier alpha value is -2.98. The predicted molar refractivity (Wildman–Crippen MR) is 132 cm³/mol. The SMILES string of the molecule is C=C(C)CNCCCCC(=O)Nc1cccc(-c2nn(OS(C)(=O)=O)c(=O)c3c2CCCC3)c1. The van der Waals surface area contributed by atoms with Gasteiger partial charge in [-0.15, -0.1) is 5.10 Å². The third-order valence-corrected chi connectivity index (χ3v) is 5.85. The Labute approximate surface area is 200 Å².